The van der Waals surface area contributed by atoms with Crippen molar-refractivity contribution in [2.75, 3.05) is 13.7 Å². The van der Waals surface area contributed by atoms with Gasteiger partial charge in [0.15, 0.2) is 0 Å². The molecule has 1 amide bonds. The molecule has 0 unspecified atom stereocenters. The summed E-state index contributed by atoms with van der Waals surface area (Å²) in [6.07, 6.45) is 0. The van der Waals surface area contributed by atoms with Crippen LogP contribution >= 0.6 is 11.3 Å². The van der Waals surface area contributed by atoms with E-state index in [0.29, 0.717) is 5.69 Å². The summed E-state index contributed by atoms with van der Waals surface area (Å²) in [6, 6.07) is 9.56. The molecule has 0 aliphatic heterocycles. The Kier molecular flexibility index (Phi) is 5.27. The van der Waals surface area contributed by atoms with Crippen molar-refractivity contribution in [2.24, 2.45) is 0 Å². The summed E-state index contributed by atoms with van der Waals surface area (Å²) >= 11 is 1.41. The van der Waals surface area contributed by atoms with Crippen molar-refractivity contribution >= 4 is 23.2 Å². The fourth-order valence-corrected chi connectivity index (χ4v) is 2.72. The molecule has 0 fully saturated rings. The van der Waals surface area contributed by atoms with E-state index < -0.39 is 5.97 Å². The summed E-state index contributed by atoms with van der Waals surface area (Å²) in [5, 5.41) is 2.50. The maximum absolute atomic E-state index is 12.5. The van der Waals surface area contributed by atoms with Crippen LogP contribution in [0, 0.1) is 0 Å². The van der Waals surface area contributed by atoms with Crippen molar-refractivity contribution in [3.63, 3.8) is 0 Å². The number of amides is 1. The van der Waals surface area contributed by atoms with E-state index >= 15 is 0 Å². The van der Waals surface area contributed by atoms with Gasteiger partial charge in [0.1, 0.15) is 17.2 Å². The molecule has 0 aliphatic rings. The summed E-state index contributed by atoms with van der Waals surface area (Å²) in [6.45, 7) is 3.63. The minimum atomic E-state index is -0.444. The second kappa shape index (κ2) is 7.17. The van der Waals surface area contributed by atoms with Gasteiger partial charge in [-0.2, -0.15) is 0 Å². The number of nitrogens with zero attached hydrogens (tertiary/aromatic N) is 2. The Morgan fingerprint density at radius 2 is 1.95 bits per heavy atom. The van der Waals surface area contributed by atoms with Crippen LogP contribution in [0.4, 0.5) is 0 Å². The molecule has 1 aromatic carbocycles. The summed E-state index contributed by atoms with van der Waals surface area (Å²) < 4.78 is 4.64. The van der Waals surface area contributed by atoms with Crippen LogP contribution in [-0.2, 0) is 9.53 Å². The molecule has 22 heavy (non-hydrogen) atoms. The molecule has 0 saturated heterocycles. The fourth-order valence-electron chi connectivity index (χ4n) is 1.92. The number of esters is 1. The van der Waals surface area contributed by atoms with E-state index in [1.165, 1.54) is 23.3 Å². The minimum Gasteiger partial charge on any atom is -0.468 e. The van der Waals surface area contributed by atoms with Gasteiger partial charge in [-0.25, -0.2) is 4.98 Å². The average molecular weight is 318 g/mol. The van der Waals surface area contributed by atoms with Gasteiger partial charge in [0.2, 0.25) is 0 Å². The normalized spacial score (nSPS) is 10.5. The molecule has 0 spiro atoms. The molecular weight excluding hydrogens is 300 g/mol. The largest absolute Gasteiger partial charge is 0.468 e. The molecule has 0 atom stereocenters. The summed E-state index contributed by atoms with van der Waals surface area (Å²) in [4.78, 5) is 29.8. The van der Waals surface area contributed by atoms with Gasteiger partial charge >= 0.3 is 5.97 Å². The van der Waals surface area contributed by atoms with E-state index in [-0.39, 0.29) is 18.5 Å². The third kappa shape index (κ3) is 3.71. The van der Waals surface area contributed by atoms with Crippen LogP contribution < -0.4 is 0 Å². The number of thiazole rings is 1. The second-order valence-electron chi connectivity index (χ2n) is 5.01. The number of carbonyl (C=O) groups is 2. The minimum absolute atomic E-state index is 0.0782. The number of hydrogen-bond donors (Lipinski definition) is 0. The zero-order valence-corrected chi connectivity index (χ0v) is 13.6. The molecule has 0 N–H and O–H groups in total. The van der Waals surface area contributed by atoms with Crippen molar-refractivity contribution in [3.8, 4) is 10.6 Å². The third-order valence-electron chi connectivity index (χ3n) is 3.16. The first-order valence-electron chi connectivity index (χ1n) is 6.91. The van der Waals surface area contributed by atoms with Gasteiger partial charge in [-0.15, -0.1) is 11.3 Å². The first-order chi connectivity index (χ1) is 10.5. The van der Waals surface area contributed by atoms with Gasteiger partial charge in [0.25, 0.3) is 5.91 Å². The first kappa shape index (κ1) is 16.2. The van der Waals surface area contributed by atoms with Crippen LogP contribution in [0.5, 0.6) is 0 Å². The Bertz CT molecular complexity index is 652. The van der Waals surface area contributed by atoms with Crippen molar-refractivity contribution in [1.82, 2.24) is 9.88 Å². The number of aromatic nitrogens is 1. The SMILES string of the molecule is COC(=O)CN(C(=O)c1csc(-c2ccccc2)n1)C(C)C. The van der Waals surface area contributed by atoms with Gasteiger partial charge in [-0.3, -0.25) is 9.59 Å². The highest BCUT2D eigenvalue weighted by Crippen LogP contribution is 2.24. The summed E-state index contributed by atoms with van der Waals surface area (Å²) in [5.41, 5.74) is 1.32. The quantitative estimate of drug-likeness (QED) is 0.795. The Hall–Kier alpha value is -2.21. The zero-order chi connectivity index (χ0) is 16.1. The van der Waals surface area contributed by atoms with Crippen LogP contribution in [0.2, 0.25) is 0 Å². The molecule has 116 valence electrons. The predicted molar refractivity (Wildman–Crippen MR) is 85.7 cm³/mol. The second-order valence-corrected chi connectivity index (χ2v) is 5.86. The molecule has 0 aliphatic carbocycles. The number of rotatable bonds is 5. The van der Waals surface area contributed by atoms with E-state index in [0.717, 1.165) is 10.6 Å². The maximum Gasteiger partial charge on any atom is 0.325 e. The van der Waals surface area contributed by atoms with Crippen molar-refractivity contribution in [3.05, 3.63) is 41.4 Å². The zero-order valence-electron chi connectivity index (χ0n) is 12.8. The van der Waals surface area contributed by atoms with E-state index in [2.05, 4.69) is 9.72 Å². The topological polar surface area (TPSA) is 59.5 Å². The lowest BCUT2D eigenvalue weighted by atomic mass is 10.2. The highest BCUT2D eigenvalue weighted by Gasteiger charge is 2.24. The van der Waals surface area contributed by atoms with Gasteiger partial charge in [-0.1, -0.05) is 30.3 Å². The molecule has 0 bridgehead atoms. The Balaban J connectivity index is 2.21. The van der Waals surface area contributed by atoms with Crippen LogP contribution in [0.1, 0.15) is 24.3 Å². The lowest BCUT2D eigenvalue weighted by molar-refractivity contribution is -0.141. The standard InChI is InChI=1S/C16H18N2O3S/c1-11(2)18(9-14(19)21-3)16(20)13-10-22-15(17-13)12-7-5-4-6-8-12/h4-8,10-11H,9H2,1-3H3. The van der Waals surface area contributed by atoms with Gasteiger partial charge in [-0.05, 0) is 13.8 Å². The van der Waals surface area contributed by atoms with Gasteiger partial charge in [0, 0.05) is 17.0 Å². The van der Waals surface area contributed by atoms with Crippen LogP contribution in [-0.4, -0.2) is 41.5 Å². The van der Waals surface area contributed by atoms with E-state index in [9.17, 15) is 9.59 Å². The molecule has 6 heteroatoms. The van der Waals surface area contributed by atoms with Crippen LogP contribution in [0.3, 0.4) is 0 Å². The number of hydrogen-bond acceptors (Lipinski definition) is 5. The smallest absolute Gasteiger partial charge is 0.325 e. The monoisotopic (exact) mass is 318 g/mol. The van der Waals surface area contributed by atoms with Gasteiger partial charge < -0.3 is 9.64 Å². The Morgan fingerprint density at radius 1 is 1.27 bits per heavy atom. The van der Waals surface area contributed by atoms with E-state index in [4.69, 9.17) is 0 Å². The average Bonchev–Trinajstić information content (AvgIpc) is 3.02. The Morgan fingerprint density at radius 3 is 2.55 bits per heavy atom. The molecule has 1 heterocycles. The maximum atomic E-state index is 12.5. The summed E-state index contributed by atoms with van der Waals surface area (Å²) in [5.74, 6) is -0.709. The first-order valence-corrected chi connectivity index (χ1v) is 7.79. The lowest BCUT2D eigenvalue weighted by Crippen LogP contribution is -2.41. The Labute approximate surface area is 133 Å². The highest BCUT2D eigenvalue weighted by molar-refractivity contribution is 7.13. The highest BCUT2D eigenvalue weighted by atomic mass is 32.1. The molecule has 0 saturated carbocycles. The fraction of sp³-hybridized carbons (Fsp3) is 0.312. The molecule has 0 radical (unpaired) electrons. The summed E-state index contributed by atoms with van der Waals surface area (Å²) in [7, 11) is 1.31. The van der Waals surface area contributed by atoms with Crippen LogP contribution in [0.15, 0.2) is 35.7 Å². The number of carbonyl (C=O) groups excluding carboxylic acids is 2. The van der Waals surface area contributed by atoms with Gasteiger partial charge in [0.05, 0.1) is 7.11 Å². The van der Waals surface area contributed by atoms with Crippen LogP contribution in [0.25, 0.3) is 10.6 Å². The van der Waals surface area contributed by atoms with Crippen molar-refractivity contribution in [1.29, 1.82) is 0 Å². The van der Waals surface area contributed by atoms with E-state index in [1.807, 2.05) is 44.2 Å². The molecular formula is C16H18N2O3S. The molecule has 2 aromatic rings. The number of ether oxygens (including phenoxy) is 1. The molecule has 1 aromatic heterocycles. The number of methoxy groups -OCH3 is 1. The molecule has 2 rings (SSSR count). The van der Waals surface area contributed by atoms with Crippen molar-refractivity contribution in [2.45, 2.75) is 19.9 Å². The lowest BCUT2D eigenvalue weighted by Gasteiger charge is -2.24. The molecule has 5 nitrogen and oxygen atoms in total. The number of benzene rings is 1. The van der Waals surface area contributed by atoms with Crippen molar-refractivity contribution < 1.29 is 14.3 Å². The van der Waals surface area contributed by atoms with E-state index in [1.54, 1.807) is 5.38 Å². The predicted octanol–water partition coefficient (Wildman–Crippen LogP) is 2.83. The third-order valence-corrected chi connectivity index (χ3v) is 4.05.